The second-order valence-corrected chi connectivity index (χ2v) is 6.25. The van der Waals surface area contributed by atoms with Gasteiger partial charge in [-0.05, 0) is 53.4 Å². The number of para-hydroxylation sites is 1. The Hall–Kier alpha value is -0.540. The summed E-state index contributed by atoms with van der Waals surface area (Å²) >= 11 is 3.57. The van der Waals surface area contributed by atoms with E-state index in [1.54, 1.807) is 0 Å². The average molecular weight is 311 g/mol. The van der Waals surface area contributed by atoms with Crippen molar-refractivity contribution in [2.75, 3.05) is 25.0 Å². The number of hydrogen-bond donors (Lipinski definition) is 1. The molecule has 1 aromatic rings. The lowest BCUT2D eigenvalue weighted by molar-refractivity contribution is 0.214. The maximum absolute atomic E-state index is 3.57. The lowest BCUT2D eigenvalue weighted by Gasteiger charge is -2.27. The van der Waals surface area contributed by atoms with Gasteiger partial charge in [0, 0.05) is 29.3 Å². The predicted molar refractivity (Wildman–Crippen MR) is 82.1 cm³/mol. The van der Waals surface area contributed by atoms with Gasteiger partial charge in [-0.2, -0.15) is 0 Å². The molecule has 0 aliphatic carbocycles. The molecule has 1 saturated heterocycles. The van der Waals surface area contributed by atoms with Crippen molar-refractivity contribution in [3.63, 3.8) is 0 Å². The van der Waals surface area contributed by atoms with Gasteiger partial charge in [0.05, 0.1) is 0 Å². The summed E-state index contributed by atoms with van der Waals surface area (Å²) in [6, 6.07) is 9.10. The van der Waals surface area contributed by atoms with Gasteiger partial charge in [0.15, 0.2) is 0 Å². The fourth-order valence-corrected chi connectivity index (χ4v) is 3.25. The molecule has 1 N–H and O–H groups in total. The molecule has 1 atom stereocenters. The molecule has 1 heterocycles. The number of hydrogen-bond acceptors (Lipinski definition) is 2. The molecule has 2 nitrogen and oxygen atoms in total. The van der Waals surface area contributed by atoms with Crippen molar-refractivity contribution in [3.8, 4) is 0 Å². The van der Waals surface area contributed by atoms with E-state index < -0.39 is 0 Å². The van der Waals surface area contributed by atoms with E-state index >= 15 is 0 Å². The number of likely N-dealkylation sites (tertiary alicyclic amines) is 1. The Kier molecular flexibility index (Phi) is 5.07. The van der Waals surface area contributed by atoms with Gasteiger partial charge in [0.2, 0.25) is 0 Å². The lowest BCUT2D eigenvalue weighted by atomic mass is 10.0. The Morgan fingerprint density at radius 3 is 2.89 bits per heavy atom. The van der Waals surface area contributed by atoms with Crippen molar-refractivity contribution in [2.45, 2.75) is 32.7 Å². The second kappa shape index (κ2) is 6.58. The molecular formula is C15H23BrN2. The summed E-state index contributed by atoms with van der Waals surface area (Å²) < 4.78 is 1.15. The molecule has 1 aliphatic rings. The van der Waals surface area contributed by atoms with Crippen LogP contribution in [0.4, 0.5) is 5.69 Å². The van der Waals surface area contributed by atoms with E-state index in [0.29, 0.717) is 0 Å². The van der Waals surface area contributed by atoms with Crippen molar-refractivity contribution < 1.29 is 0 Å². The summed E-state index contributed by atoms with van der Waals surface area (Å²) in [5.74, 6) is 0.774. The first-order chi connectivity index (χ1) is 8.68. The van der Waals surface area contributed by atoms with Crippen LogP contribution in [0.15, 0.2) is 28.7 Å². The summed E-state index contributed by atoms with van der Waals surface area (Å²) in [4.78, 5) is 2.63. The minimum atomic E-state index is 0.774. The number of nitrogens with zero attached hydrogens (tertiary/aromatic N) is 1. The van der Waals surface area contributed by atoms with Crippen LogP contribution in [0.5, 0.6) is 0 Å². The largest absolute Gasteiger partial charge is 0.383 e. The Balaban J connectivity index is 1.80. The summed E-state index contributed by atoms with van der Waals surface area (Å²) in [5.41, 5.74) is 1.19. The Morgan fingerprint density at radius 2 is 2.17 bits per heavy atom. The zero-order valence-corrected chi connectivity index (χ0v) is 12.9. The monoisotopic (exact) mass is 310 g/mol. The fraction of sp³-hybridized carbons (Fsp3) is 0.600. The Morgan fingerprint density at radius 1 is 1.39 bits per heavy atom. The third-order valence-electron chi connectivity index (χ3n) is 3.77. The fourth-order valence-electron chi connectivity index (χ4n) is 2.82. The highest BCUT2D eigenvalue weighted by Gasteiger charge is 2.26. The molecule has 0 radical (unpaired) electrons. The Labute approximate surface area is 119 Å². The molecule has 0 bridgehead atoms. The highest BCUT2D eigenvalue weighted by atomic mass is 79.9. The highest BCUT2D eigenvalue weighted by molar-refractivity contribution is 9.10. The van der Waals surface area contributed by atoms with Crippen molar-refractivity contribution in [1.82, 2.24) is 4.90 Å². The highest BCUT2D eigenvalue weighted by Crippen LogP contribution is 2.24. The maximum atomic E-state index is 3.57. The molecule has 2 rings (SSSR count). The van der Waals surface area contributed by atoms with Crippen LogP contribution in [0.3, 0.4) is 0 Å². The quantitative estimate of drug-likeness (QED) is 0.885. The van der Waals surface area contributed by atoms with E-state index in [1.807, 2.05) is 6.07 Å². The van der Waals surface area contributed by atoms with Crippen molar-refractivity contribution >= 4 is 21.6 Å². The second-order valence-electron chi connectivity index (χ2n) is 5.40. The number of anilines is 1. The molecule has 0 spiro atoms. The molecule has 1 aromatic carbocycles. The van der Waals surface area contributed by atoms with Crippen LogP contribution in [0.1, 0.15) is 26.7 Å². The lowest BCUT2D eigenvalue weighted by Crippen LogP contribution is -2.36. The van der Waals surface area contributed by atoms with Crippen molar-refractivity contribution in [1.29, 1.82) is 0 Å². The number of halogens is 1. The smallest absolute Gasteiger partial charge is 0.0485 e. The van der Waals surface area contributed by atoms with Crippen LogP contribution in [0.2, 0.25) is 0 Å². The van der Waals surface area contributed by atoms with Gasteiger partial charge >= 0.3 is 0 Å². The van der Waals surface area contributed by atoms with E-state index in [2.05, 4.69) is 58.2 Å². The van der Waals surface area contributed by atoms with Gasteiger partial charge in [0.1, 0.15) is 0 Å². The van der Waals surface area contributed by atoms with Gasteiger partial charge in [-0.3, -0.25) is 4.90 Å². The molecule has 100 valence electrons. The van der Waals surface area contributed by atoms with Gasteiger partial charge < -0.3 is 5.32 Å². The third-order valence-corrected chi connectivity index (χ3v) is 4.46. The molecule has 0 amide bonds. The Bertz CT molecular complexity index is 379. The predicted octanol–water partition coefficient (Wildman–Crippen LogP) is 3.98. The van der Waals surface area contributed by atoms with E-state index in [1.165, 1.54) is 25.1 Å². The minimum Gasteiger partial charge on any atom is -0.383 e. The topological polar surface area (TPSA) is 15.3 Å². The molecule has 0 aromatic heterocycles. The number of benzene rings is 1. The average Bonchev–Trinajstić information content (AvgIpc) is 2.80. The molecule has 18 heavy (non-hydrogen) atoms. The van der Waals surface area contributed by atoms with Crippen LogP contribution < -0.4 is 5.32 Å². The normalized spacial score (nSPS) is 20.6. The summed E-state index contributed by atoms with van der Waals surface area (Å²) in [6.45, 7) is 8.10. The van der Waals surface area contributed by atoms with Gasteiger partial charge in [-0.1, -0.05) is 26.0 Å². The number of nitrogens with one attached hydrogen (secondary N) is 1. The third kappa shape index (κ3) is 3.48. The van der Waals surface area contributed by atoms with Crippen molar-refractivity contribution in [3.05, 3.63) is 28.7 Å². The van der Waals surface area contributed by atoms with Crippen LogP contribution in [-0.2, 0) is 0 Å². The van der Waals surface area contributed by atoms with Crippen LogP contribution >= 0.6 is 15.9 Å². The van der Waals surface area contributed by atoms with E-state index in [9.17, 15) is 0 Å². The summed E-state index contributed by atoms with van der Waals surface area (Å²) in [5, 5.41) is 3.51. The SMILES string of the molecule is CC(C)C1CCCN1CCNc1ccccc1Br. The zero-order valence-electron chi connectivity index (χ0n) is 11.3. The minimum absolute atomic E-state index is 0.774. The number of rotatable bonds is 5. The molecule has 1 aliphatic heterocycles. The van der Waals surface area contributed by atoms with Crippen LogP contribution in [0.25, 0.3) is 0 Å². The maximum Gasteiger partial charge on any atom is 0.0485 e. The molecule has 0 saturated carbocycles. The summed E-state index contributed by atoms with van der Waals surface area (Å²) in [7, 11) is 0. The summed E-state index contributed by atoms with van der Waals surface area (Å²) in [6.07, 6.45) is 2.73. The van der Waals surface area contributed by atoms with Gasteiger partial charge in [0.25, 0.3) is 0 Å². The van der Waals surface area contributed by atoms with E-state index in [0.717, 1.165) is 29.5 Å². The molecule has 1 fully saturated rings. The molecular weight excluding hydrogens is 288 g/mol. The van der Waals surface area contributed by atoms with Crippen LogP contribution in [-0.4, -0.2) is 30.6 Å². The van der Waals surface area contributed by atoms with Gasteiger partial charge in [-0.25, -0.2) is 0 Å². The standard InChI is InChI=1S/C15H23BrN2/c1-12(2)15-8-5-10-18(15)11-9-17-14-7-4-3-6-13(14)16/h3-4,6-7,12,15,17H,5,8-11H2,1-2H3. The zero-order chi connectivity index (χ0) is 13.0. The van der Waals surface area contributed by atoms with Crippen LogP contribution in [0, 0.1) is 5.92 Å². The molecule has 1 unspecified atom stereocenters. The van der Waals surface area contributed by atoms with Gasteiger partial charge in [-0.15, -0.1) is 0 Å². The van der Waals surface area contributed by atoms with Crippen molar-refractivity contribution in [2.24, 2.45) is 5.92 Å². The first-order valence-electron chi connectivity index (χ1n) is 6.91. The molecule has 3 heteroatoms. The van der Waals surface area contributed by atoms with E-state index in [-0.39, 0.29) is 0 Å². The first-order valence-corrected chi connectivity index (χ1v) is 7.70. The first kappa shape index (κ1) is 13.9. The van der Waals surface area contributed by atoms with E-state index in [4.69, 9.17) is 0 Å².